The summed E-state index contributed by atoms with van der Waals surface area (Å²) >= 11 is 0. The van der Waals surface area contributed by atoms with Crippen molar-refractivity contribution in [3.63, 3.8) is 0 Å². The van der Waals surface area contributed by atoms with Crippen LogP contribution in [0.5, 0.6) is 0 Å². The van der Waals surface area contributed by atoms with Gasteiger partial charge in [0.2, 0.25) is 0 Å². The quantitative estimate of drug-likeness (QED) is 0.561. The van der Waals surface area contributed by atoms with E-state index in [4.69, 9.17) is 9.16 Å². The number of hydrogen-bond donors (Lipinski definition) is 0. The lowest BCUT2D eigenvalue weighted by molar-refractivity contribution is -0.205. The van der Waals surface area contributed by atoms with Gasteiger partial charge in [-0.25, -0.2) is 0 Å². The Balaban J connectivity index is 1.96. The topological polar surface area (TPSA) is 35.5 Å². The lowest BCUT2D eigenvalue weighted by atomic mass is 9.83. The Labute approximate surface area is 163 Å². The van der Waals surface area contributed by atoms with Crippen molar-refractivity contribution in [3.8, 4) is 0 Å². The van der Waals surface area contributed by atoms with Gasteiger partial charge in [-0.2, -0.15) is 0 Å². The second-order valence-corrected chi connectivity index (χ2v) is 13.2. The van der Waals surface area contributed by atoms with Crippen molar-refractivity contribution in [2.45, 2.75) is 51.7 Å². The predicted octanol–water partition coefficient (Wildman–Crippen LogP) is 3.90. The van der Waals surface area contributed by atoms with Gasteiger partial charge < -0.3 is 9.16 Å². The van der Waals surface area contributed by atoms with Gasteiger partial charge in [0.25, 0.3) is 8.32 Å². The summed E-state index contributed by atoms with van der Waals surface area (Å²) in [6, 6.07) is 21.2. The van der Waals surface area contributed by atoms with Gasteiger partial charge in [-0.1, -0.05) is 81.4 Å². The molecule has 0 bridgehead atoms. The normalized spacial score (nSPS) is 19.3. The molecule has 1 saturated heterocycles. The summed E-state index contributed by atoms with van der Waals surface area (Å²) in [4.78, 5) is 11.9. The Morgan fingerprint density at radius 3 is 1.81 bits per heavy atom. The highest BCUT2D eigenvalue weighted by atomic mass is 28.4. The third-order valence-electron chi connectivity index (χ3n) is 5.63. The standard InChI is InChI=1S/C23H30O3Si/c1-22(2,3)27(18-12-8-6-9-13-18,19-14-10-7-11-15-19)25-17-16-20-21(24)26-23(20,4)5/h6-15,20H,16-17H2,1-5H3. The van der Waals surface area contributed by atoms with Crippen molar-refractivity contribution in [2.24, 2.45) is 5.92 Å². The molecule has 1 fully saturated rings. The zero-order valence-corrected chi connectivity index (χ0v) is 18.0. The molecule has 0 saturated carbocycles. The van der Waals surface area contributed by atoms with Crippen LogP contribution < -0.4 is 10.4 Å². The molecule has 1 aliphatic rings. The fraction of sp³-hybridized carbons (Fsp3) is 0.435. The summed E-state index contributed by atoms with van der Waals surface area (Å²) in [7, 11) is -2.53. The van der Waals surface area contributed by atoms with E-state index < -0.39 is 8.32 Å². The zero-order valence-electron chi connectivity index (χ0n) is 17.0. The molecule has 144 valence electrons. The number of carbonyl (C=O) groups is 1. The van der Waals surface area contributed by atoms with E-state index >= 15 is 0 Å². The average Bonchev–Trinajstić information content (AvgIpc) is 2.61. The van der Waals surface area contributed by atoms with Crippen LogP contribution in [0.1, 0.15) is 41.0 Å². The average molecular weight is 383 g/mol. The maximum atomic E-state index is 11.9. The van der Waals surface area contributed by atoms with Gasteiger partial charge in [-0.05, 0) is 35.7 Å². The summed E-state index contributed by atoms with van der Waals surface area (Å²) in [5.41, 5.74) is -0.383. The molecule has 3 nitrogen and oxygen atoms in total. The minimum absolute atomic E-state index is 0.0503. The smallest absolute Gasteiger partial charge is 0.313 e. The van der Waals surface area contributed by atoms with Gasteiger partial charge in [-0.15, -0.1) is 0 Å². The lowest BCUT2D eigenvalue weighted by Crippen LogP contribution is -2.67. The lowest BCUT2D eigenvalue weighted by Gasteiger charge is -2.45. The van der Waals surface area contributed by atoms with E-state index in [1.54, 1.807) is 0 Å². The largest absolute Gasteiger partial charge is 0.458 e. The predicted molar refractivity (Wildman–Crippen MR) is 112 cm³/mol. The summed E-state index contributed by atoms with van der Waals surface area (Å²) in [5, 5.41) is 2.48. The molecule has 0 amide bonds. The molecule has 4 heteroatoms. The molecule has 1 heterocycles. The number of benzene rings is 2. The van der Waals surface area contributed by atoms with E-state index in [0.29, 0.717) is 13.0 Å². The van der Waals surface area contributed by atoms with E-state index in [2.05, 4.69) is 69.3 Å². The monoisotopic (exact) mass is 382 g/mol. The van der Waals surface area contributed by atoms with E-state index in [1.807, 2.05) is 26.0 Å². The highest BCUT2D eigenvalue weighted by Crippen LogP contribution is 2.39. The van der Waals surface area contributed by atoms with Crippen LogP contribution in [0.15, 0.2) is 60.7 Å². The van der Waals surface area contributed by atoms with Crippen LogP contribution in [0, 0.1) is 5.92 Å². The first kappa shape index (κ1) is 19.8. The fourth-order valence-electron chi connectivity index (χ4n) is 4.18. The maximum Gasteiger partial charge on any atom is 0.313 e. The zero-order chi connectivity index (χ0) is 19.7. The van der Waals surface area contributed by atoms with Crippen LogP contribution in [0.4, 0.5) is 0 Å². The molecule has 27 heavy (non-hydrogen) atoms. The second-order valence-electron chi connectivity index (χ2n) is 8.88. The molecule has 1 unspecified atom stereocenters. The van der Waals surface area contributed by atoms with Gasteiger partial charge in [0.05, 0.1) is 5.92 Å². The molecule has 2 aromatic rings. The van der Waals surface area contributed by atoms with Gasteiger partial charge >= 0.3 is 5.97 Å². The van der Waals surface area contributed by atoms with Crippen LogP contribution >= 0.6 is 0 Å². The van der Waals surface area contributed by atoms with Crippen LogP contribution in [-0.4, -0.2) is 26.5 Å². The summed E-state index contributed by atoms with van der Waals surface area (Å²) < 4.78 is 12.1. The van der Waals surface area contributed by atoms with Gasteiger partial charge in [0, 0.05) is 6.61 Å². The number of carbonyl (C=O) groups excluding carboxylic acids is 1. The van der Waals surface area contributed by atoms with Crippen molar-refractivity contribution in [3.05, 3.63) is 60.7 Å². The number of hydrogen-bond acceptors (Lipinski definition) is 3. The Hall–Kier alpha value is -1.91. The van der Waals surface area contributed by atoms with Crippen molar-refractivity contribution in [1.82, 2.24) is 0 Å². The summed E-state index contributed by atoms with van der Waals surface area (Å²) in [6.45, 7) is 11.3. The molecular weight excluding hydrogens is 352 g/mol. The number of rotatable bonds is 6. The molecule has 1 atom stereocenters. The van der Waals surface area contributed by atoms with Crippen LogP contribution in [-0.2, 0) is 14.0 Å². The van der Waals surface area contributed by atoms with Crippen molar-refractivity contribution in [1.29, 1.82) is 0 Å². The van der Waals surface area contributed by atoms with Crippen molar-refractivity contribution >= 4 is 24.7 Å². The Bertz CT molecular complexity index is 739. The minimum atomic E-state index is -2.53. The SMILES string of the molecule is CC1(C)OC(=O)C1CCO[Si](c1ccccc1)(c1ccccc1)C(C)(C)C. The second kappa shape index (κ2) is 7.25. The third-order valence-corrected chi connectivity index (χ3v) is 10.7. The van der Waals surface area contributed by atoms with Gasteiger partial charge in [0.1, 0.15) is 5.60 Å². The molecule has 0 aliphatic carbocycles. The molecule has 3 rings (SSSR count). The van der Waals surface area contributed by atoms with E-state index in [1.165, 1.54) is 10.4 Å². The molecule has 0 radical (unpaired) electrons. The number of ether oxygens (including phenoxy) is 1. The highest BCUT2D eigenvalue weighted by Gasteiger charge is 2.52. The van der Waals surface area contributed by atoms with Gasteiger partial charge in [0.15, 0.2) is 0 Å². The first-order valence-corrected chi connectivity index (χ1v) is 11.6. The van der Waals surface area contributed by atoms with E-state index in [-0.39, 0.29) is 22.5 Å². The molecule has 0 aromatic heterocycles. The van der Waals surface area contributed by atoms with Crippen LogP contribution in [0.25, 0.3) is 0 Å². The maximum absolute atomic E-state index is 11.9. The highest BCUT2D eigenvalue weighted by molar-refractivity contribution is 6.99. The van der Waals surface area contributed by atoms with Crippen molar-refractivity contribution in [2.75, 3.05) is 6.61 Å². The minimum Gasteiger partial charge on any atom is -0.458 e. The molecule has 1 aliphatic heterocycles. The number of cyclic esters (lactones) is 1. The molecule has 2 aromatic carbocycles. The third kappa shape index (κ3) is 3.61. The van der Waals surface area contributed by atoms with E-state index in [9.17, 15) is 4.79 Å². The summed E-state index contributed by atoms with van der Waals surface area (Å²) in [6.07, 6.45) is 0.691. The first-order valence-electron chi connectivity index (χ1n) is 9.66. The summed E-state index contributed by atoms with van der Waals surface area (Å²) in [5.74, 6) is -0.193. The van der Waals surface area contributed by atoms with E-state index in [0.717, 1.165) is 0 Å². The van der Waals surface area contributed by atoms with Gasteiger partial charge in [-0.3, -0.25) is 4.79 Å². The molecule has 0 N–H and O–H groups in total. The van der Waals surface area contributed by atoms with Crippen LogP contribution in [0.3, 0.4) is 0 Å². The molecule has 0 spiro atoms. The Kier molecular flexibility index (Phi) is 5.33. The van der Waals surface area contributed by atoms with Crippen LogP contribution in [0.2, 0.25) is 5.04 Å². The Morgan fingerprint density at radius 2 is 1.44 bits per heavy atom. The Morgan fingerprint density at radius 1 is 0.963 bits per heavy atom. The van der Waals surface area contributed by atoms with Crippen molar-refractivity contribution < 1.29 is 14.0 Å². The first-order chi connectivity index (χ1) is 12.7. The fourth-order valence-corrected chi connectivity index (χ4v) is 8.76. The number of esters is 1. The molecular formula is C23H30O3Si.